The monoisotopic (exact) mass is 191 g/mol. The molecule has 0 aliphatic heterocycles. The Balaban J connectivity index is 2.93. The molecule has 0 fully saturated rings. The van der Waals surface area contributed by atoms with Crippen molar-refractivity contribution in [3.8, 4) is 5.75 Å². The van der Waals surface area contributed by atoms with Crippen molar-refractivity contribution in [1.29, 1.82) is 0 Å². The lowest BCUT2D eigenvalue weighted by Gasteiger charge is -2.08. The van der Waals surface area contributed by atoms with Gasteiger partial charge in [0.05, 0.1) is 7.11 Å². The molecule has 0 heterocycles. The highest BCUT2D eigenvalue weighted by Gasteiger charge is 2.01. The number of benzene rings is 1. The van der Waals surface area contributed by atoms with Crippen LogP contribution in [0.4, 0.5) is 0 Å². The second-order valence-electron chi connectivity index (χ2n) is 3.16. The molecule has 0 atom stereocenters. The summed E-state index contributed by atoms with van der Waals surface area (Å²) in [5.41, 5.74) is 7.81. The molecule has 2 nitrogen and oxygen atoms in total. The first-order valence-corrected chi connectivity index (χ1v) is 4.79. The van der Waals surface area contributed by atoms with E-state index >= 15 is 0 Å². The fourth-order valence-electron chi connectivity index (χ4n) is 1.38. The van der Waals surface area contributed by atoms with Crippen LogP contribution in [0.1, 0.15) is 18.9 Å². The lowest BCUT2D eigenvalue weighted by molar-refractivity contribution is 0.413. The average molecular weight is 191 g/mol. The number of methoxy groups -OCH3 is 1. The first kappa shape index (κ1) is 10.8. The van der Waals surface area contributed by atoms with E-state index in [1.54, 1.807) is 7.11 Å². The molecule has 2 heteroatoms. The maximum absolute atomic E-state index is 5.45. The Morgan fingerprint density at radius 3 is 2.79 bits per heavy atom. The molecular formula is C12H17NO. The van der Waals surface area contributed by atoms with Crippen molar-refractivity contribution in [2.45, 2.75) is 13.3 Å². The first-order valence-electron chi connectivity index (χ1n) is 4.79. The van der Waals surface area contributed by atoms with E-state index in [4.69, 9.17) is 10.5 Å². The quantitative estimate of drug-likeness (QED) is 0.793. The van der Waals surface area contributed by atoms with Gasteiger partial charge in [-0.15, -0.1) is 0 Å². The standard InChI is InChI=1S/C12H17NO/c1-10(6-5-9-13)11-7-3-4-8-12(11)14-2/h3-4,6-8H,5,9,13H2,1-2H3. The maximum Gasteiger partial charge on any atom is 0.126 e. The molecule has 0 radical (unpaired) electrons. The van der Waals surface area contributed by atoms with Gasteiger partial charge in [0.25, 0.3) is 0 Å². The third-order valence-electron chi connectivity index (χ3n) is 2.15. The lowest BCUT2D eigenvalue weighted by atomic mass is 10.1. The molecule has 0 saturated heterocycles. The number of hydrogen-bond donors (Lipinski definition) is 1. The molecule has 1 aromatic rings. The number of hydrogen-bond acceptors (Lipinski definition) is 2. The van der Waals surface area contributed by atoms with Crippen LogP contribution in [0.25, 0.3) is 5.57 Å². The van der Waals surface area contributed by atoms with Crippen LogP contribution in [0.3, 0.4) is 0 Å². The first-order chi connectivity index (χ1) is 6.79. The van der Waals surface area contributed by atoms with E-state index in [1.165, 1.54) is 5.57 Å². The van der Waals surface area contributed by atoms with Crippen LogP contribution in [0.15, 0.2) is 30.3 Å². The van der Waals surface area contributed by atoms with E-state index in [9.17, 15) is 0 Å². The molecule has 0 aromatic heterocycles. The Hall–Kier alpha value is -1.28. The van der Waals surface area contributed by atoms with Gasteiger partial charge in [0.1, 0.15) is 5.75 Å². The average Bonchev–Trinajstić information content (AvgIpc) is 2.25. The summed E-state index contributed by atoms with van der Waals surface area (Å²) >= 11 is 0. The van der Waals surface area contributed by atoms with Crippen LogP contribution in [-0.4, -0.2) is 13.7 Å². The molecule has 0 unspecified atom stereocenters. The highest BCUT2D eigenvalue weighted by molar-refractivity contribution is 5.68. The lowest BCUT2D eigenvalue weighted by Crippen LogP contribution is -1.96. The summed E-state index contributed by atoms with van der Waals surface area (Å²) in [6, 6.07) is 8.01. The summed E-state index contributed by atoms with van der Waals surface area (Å²) in [5, 5.41) is 0. The smallest absolute Gasteiger partial charge is 0.126 e. The Kier molecular flexibility index (Phi) is 4.20. The number of nitrogens with two attached hydrogens (primary N) is 1. The minimum atomic E-state index is 0.687. The van der Waals surface area contributed by atoms with Crippen molar-refractivity contribution in [1.82, 2.24) is 0 Å². The van der Waals surface area contributed by atoms with E-state index in [0.717, 1.165) is 17.7 Å². The molecule has 1 aromatic carbocycles. The van der Waals surface area contributed by atoms with Crippen LogP contribution in [0.2, 0.25) is 0 Å². The van der Waals surface area contributed by atoms with E-state index in [0.29, 0.717) is 6.54 Å². The van der Waals surface area contributed by atoms with Gasteiger partial charge in [0.2, 0.25) is 0 Å². The zero-order valence-corrected chi connectivity index (χ0v) is 8.79. The van der Waals surface area contributed by atoms with Gasteiger partial charge in [0, 0.05) is 5.56 Å². The van der Waals surface area contributed by atoms with Crippen molar-refractivity contribution in [2.24, 2.45) is 5.73 Å². The highest BCUT2D eigenvalue weighted by Crippen LogP contribution is 2.25. The summed E-state index contributed by atoms with van der Waals surface area (Å²) in [4.78, 5) is 0. The fraction of sp³-hybridized carbons (Fsp3) is 0.333. The van der Waals surface area contributed by atoms with Gasteiger partial charge >= 0.3 is 0 Å². The van der Waals surface area contributed by atoms with Crippen molar-refractivity contribution >= 4 is 5.57 Å². The minimum Gasteiger partial charge on any atom is -0.496 e. The van der Waals surface area contributed by atoms with Crippen LogP contribution in [0.5, 0.6) is 5.75 Å². The number of para-hydroxylation sites is 1. The molecule has 0 aliphatic carbocycles. The maximum atomic E-state index is 5.45. The second kappa shape index (κ2) is 5.45. The Bertz CT molecular complexity index is 318. The van der Waals surface area contributed by atoms with Gasteiger partial charge in [-0.2, -0.15) is 0 Å². The Morgan fingerprint density at radius 2 is 2.14 bits per heavy atom. The molecule has 0 spiro atoms. The normalized spacial score (nSPS) is 11.5. The summed E-state index contributed by atoms with van der Waals surface area (Å²) in [5.74, 6) is 0.915. The topological polar surface area (TPSA) is 35.2 Å². The predicted octanol–water partition coefficient (Wildman–Crippen LogP) is 2.45. The molecule has 0 saturated carbocycles. The fourth-order valence-corrected chi connectivity index (χ4v) is 1.38. The van der Waals surface area contributed by atoms with Gasteiger partial charge in [-0.1, -0.05) is 24.3 Å². The third-order valence-corrected chi connectivity index (χ3v) is 2.15. The molecule has 14 heavy (non-hydrogen) atoms. The van der Waals surface area contributed by atoms with Gasteiger partial charge in [-0.05, 0) is 31.5 Å². The molecule has 0 aliphatic rings. The molecule has 0 amide bonds. The highest BCUT2D eigenvalue weighted by atomic mass is 16.5. The predicted molar refractivity (Wildman–Crippen MR) is 60.3 cm³/mol. The molecule has 1 rings (SSSR count). The van der Waals surface area contributed by atoms with Gasteiger partial charge < -0.3 is 10.5 Å². The summed E-state index contributed by atoms with van der Waals surface area (Å²) < 4.78 is 5.27. The molecule has 0 bridgehead atoms. The van der Waals surface area contributed by atoms with Crippen molar-refractivity contribution < 1.29 is 4.74 Å². The van der Waals surface area contributed by atoms with E-state index in [2.05, 4.69) is 19.1 Å². The zero-order chi connectivity index (χ0) is 10.4. The summed E-state index contributed by atoms with van der Waals surface area (Å²) in [7, 11) is 1.69. The van der Waals surface area contributed by atoms with Crippen molar-refractivity contribution in [2.75, 3.05) is 13.7 Å². The van der Waals surface area contributed by atoms with Gasteiger partial charge in [-0.3, -0.25) is 0 Å². The molecule has 2 N–H and O–H groups in total. The van der Waals surface area contributed by atoms with Crippen LogP contribution < -0.4 is 10.5 Å². The summed E-state index contributed by atoms with van der Waals surface area (Å²) in [6.45, 7) is 2.76. The van der Waals surface area contributed by atoms with Crippen LogP contribution in [0, 0.1) is 0 Å². The van der Waals surface area contributed by atoms with Crippen molar-refractivity contribution in [3.63, 3.8) is 0 Å². The van der Waals surface area contributed by atoms with E-state index in [1.807, 2.05) is 18.2 Å². The third kappa shape index (κ3) is 2.60. The largest absolute Gasteiger partial charge is 0.496 e. The summed E-state index contributed by atoms with van der Waals surface area (Å²) in [6.07, 6.45) is 3.04. The van der Waals surface area contributed by atoms with Gasteiger partial charge in [0.15, 0.2) is 0 Å². The second-order valence-corrected chi connectivity index (χ2v) is 3.16. The Morgan fingerprint density at radius 1 is 1.43 bits per heavy atom. The SMILES string of the molecule is COc1ccccc1C(C)=CCCN. The Labute approximate surface area is 85.4 Å². The van der Waals surface area contributed by atoms with E-state index < -0.39 is 0 Å². The van der Waals surface area contributed by atoms with Crippen LogP contribution in [-0.2, 0) is 0 Å². The number of allylic oxidation sites excluding steroid dienone is 1. The zero-order valence-electron chi connectivity index (χ0n) is 8.79. The molecular weight excluding hydrogens is 174 g/mol. The van der Waals surface area contributed by atoms with Crippen LogP contribution >= 0.6 is 0 Å². The van der Waals surface area contributed by atoms with Gasteiger partial charge in [-0.25, -0.2) is 0 Å². The molecule has 76 valence electrons. The number of rotatable bonds is 4. The minimum absolute atomic E-state index is 0.687. The van der Waals surface area contributed by atoms with Crippen molar-refractivity contribution in [3.05, 3.63) is 35.9 Å². The van der Waals surface area contributed by atoms with E-state index in [-0.39, 0.29) is 0 Å². The number of ether oxygens (including phenoxy) is 1.